The van der Waals surface area contributed by atoms with Crippen molar-refractivity contribution in [2.75, 3.05) is 11.9 Å². The first-order chi connectivity index (χ1) is 11.4. The van der Waals surface area contributed by atoms with Crippen LogP contribution in [0.4, 0.5) is 5.69 Å². The normalized spacial score (nSPS) is 12.2. The summed E-state index contributed by atoms with van der Waals surface area (Å²) in [6.07, 6.45) is 0.0476. The van der Waals surface area contributed by atoms with Crippen LogP contribution in [0, 0.1) is 5.92 Å². The van der Waals surface area contributed by atoms with Gasteiger partial charge in [-0.1, -0.05) is 18.2 Å². The molecule has 130 valence electrons. The van der Waals surface area contributed by atoms with E-state index in [1.807, 2.05) is 18.2 Å². The van der Waals surface area contributed by atoms with Gasteiger partial charge in [-0.2, -0.15) is 5.10 Å². The lowest BCUT2D eigenvalue weighted by atomic mass is 10.1. The Bertz CT molecular complexity index is 599. The van der Waals surface area contributed by atoms with Gasteiger partial charge < -0.3 is 10.1 Å². The summed E-state index contributed by atoms with van der Waals surface area (Å²) in [6.45, 7) is 5.29. The number of ether oxygens (including phenoxy) is 1. The molecular weight excluding hydrogens is 310 g/mol. The van der Waals surface area contributed by atoms with Crippen LogP contribution in [0.1, 0.15) is 33.6 Å². The highest BCUT2D eigenvalue weighted by Crippen LogP contribution is 2.06. The highest BCUT2D eigenvalue weighted by molar-refractivity contribution is 6.01. The number of amides is 2. The summed E-state index contributed by atoms with van der Waals surface area (Å²) in [5, 5.41) is 6.57. The van der Waals surface area contributed by atoms with Crippen LogP contribution in [-0.2, 0) is 19.1 Å². The minimum Gasteiger partial charge on any atom is -0.465 e. The molecule has 0 unspecified atom stereocenters. The van der Waals surface area contributed by atoms with Crippen LogP contribution in [0.5, 0.6) is 0 Å². The van der Waals surface area contributed by atoms with Crippen molar-refractivity contribution in [2.45, 2.75) is 33.6 Å². The van der Waals surface area contributed by atoms with E-state index in [0.717, 1.165) is 0 Å². The quantitative estimate of drug-likeness (QED) is 0.432. The van der Waals surface area contributed by atoms with E-state index >= 15 is 0 Å². The first kappa shape index (κ1) is 19.3. The van der Waals surface area contributed by atoms with E-state index in [4.69, 9.17) is 4.74 Å². The number of hydrazone groups is 1. The summed E-state index contributed by atoms with van der Waals surface area (Å²) < 4.78 is 4.88. The van der Waals surface area contributed by atoms with E-state index in [9.17, 15) is 14.4 Å². The van der Waals surface area contributed by atoms with Gasteiger partial charge in [0, 0.05) is 24.2 Å². The van der Waals surface area contributed by atoms with Gasteiger partial charge in [0.15, 0.2) is 0 Å². The van der Waals surface area contributed by atoms with Crippen molar-refractivity contribution >= 4 is 29.2 Å². The van der Waals surface area contributed by atoms with Crippen molar-refractivity contribution in [1.82, 2.24) is 5.43 Å². The Labute approximate surface area is 141 Å². The summed E-state index contributed by atoms with van der Waals surface area (Å²) in [5.41, 5.74) is 3.46. The fraction of sp³-hybridized carbons (Fsp3) is 0.412. The fourth-order valence-corrected chi connectivity index (χ4v) is 1.71. The molecular formula is C17H23N3O4. The number of nitrogens with one attached hydrogen (secondary N) is 2. The molecule has 0 aromatic heterocycles. The SMILES string of the molecule is CCOC(=O)[C@@H](C)/C(C)=N/NC(=O)CCC(=O)Nc1ccccc1. The zero-order valence-corrected chi connectivity index (χ0v) is 14.2. The van der Waals surface area contributed by atoms with Crippen LogP contribution >= 0.6 is 0 Å². The minimum absolute atomic E-state index is 0.00321. The maximum atomic E-state index is 11.7. The third kappa shape index (κ3) is 7.04. The molecule has 0 saturated heterocycles. The van der Waals surface area contributed by atoms with Gasteiger partial charge in [-0.3, -0.25) is 14.4 Å². The summed E-state index contributed by atoms with van der Waals surface area (Å²) in [5.74, 6) is -1.58. The summed E-state index contributed by atoms with van der Waals surface area (Å²) >= 11 is 0. The molecule has 0 aliphatic carbocycles. The van der Waals surface area contributed by atoms with Crippen LogP contribution in [0.15, 0.2) is 35.4 Å². The number of para-hydroxylation sites is 1. The zero-order chi connectivity index (χ0) is 17.9. The molecule has 0 aliphatic rings. The van der Waals surface area contributed by atoms with Gasteiger partial charge in [-0.15, -0.1) is 0 Å². The minimum atomic E-state index is -0.536. The fourth-order valence-electron chi connectivity index (χ4n) is 1.71. The predicted molar refractivity (Wildman–Crippen MR) is 91.4 cm³/mol. The highest BCUT2D eigenvalue weighted by Gasteiger charge is 2.17. The summed E-state index contributed by atoms with van der Waals surface area (Å²) in [7, 11) is 0. The van der Waals surface area contributed by atoms with E-state index in [0.29, 0.717) is 18.0 Å². The average molecular weight is 333 g/mol. The molecule has 0 spiro atoms. The van der Waals surface area contributed by atoms with Gasteiger partial charge in [0.1, 0.15) is 0 Å². The Kier molecular flexibility index (Phi) is 8.18. The molecule has 1 aromatic rings. The Morgan fingerprint density at radius 1 is 1.12 bits per heavy atom. The number of hydrogen-bond acceptors (Lipinski definition) is 5. The first-order valence-corrected chi connectivity index (χ1v) is 7.78. The van der Waals surface area contributed by atoms with Crippen LogP contribution < -0.4 is 10.7 Å². The second-order valence-electron chi connectivity index (χ2n) is 5.18. The number of carbonyl (C=O) groups is 3. The van der Waals surface area contributed by atoms with Gasteiger partial charge in [-0.05, 0) is 32.9 Å². The maximum Gasteiger partial charge on any atom is 0.314 e. The second-order valence-corrected chi connectivity index (χ2v) is 5.18. The van der Waals surface area contributed by atoms with Crippen molar-refractivity contribution in [1.29, 1.82) is 0 Å². The number of esters is 1. The molecule has 1 rings (SSSR count). The van der Waals surface area contributed by atoms with Crippen molar-refractivity contribution in [3.8, 4) is 0 Å². The third-order valence-electron chi connectivity index (χ3n) is 3.26. The number of benzene rings is 1. The monoisotopic (exact) mass is 333 g/mol. The van der Waals surface area contributed by atoms with Gasteiger partial charge in [0.25, 0.3) is 0 Å². The van der Waals surface area contributed by atoms with Crippen molar-refractivity contribution in [2.24, 2.45) is 11.0 Å². The van der Waals surface area contributed by atoms with E-state index in [1.165, 1.54) is 0 Å². The zero-order valence-electron chi connectivity index (χ0n) is 14.2. The van der Waals surface area contributed by atoms with Crippen molar-refractivity contribution in [3.63, 3.8) is 0 Å². The molecule has 7 heteroatoms. The van der Waals surface area contributed by atoms with Gasteiger partial charge >= 0.3 is 5.97 Å². The summed E-state index contributed by atoms with van der Waals surface area (Å²) in [6, 6.07) is 9.00. The van der Waals surface area contributed by atoms with E-state index < -0.39 is 17.8 Å². The predicted octanol–water partition coefficient (Wildman–Crippen LogP) is 2.10. The smallest absolute Gasteiger partial charge is 0.314 e. The molecule has 1 aromatic carbocycles. The first-order valence-electron chi connectivity index (χ1n) is 7.78. The molecule has 0 aliphatic heterocycles. The van der Waals surface area contributed by atoms with E-state index in [1.54, 1.807) is 32.9 Å². The molecule has 2 amide bonds. The Hall–Kier alpha value is -2.70. The maximum absolute atomic E-state index is 11.7. The summed E-state index contributed by atoms with van der Waals surface area (Å²) in [4.78, 5) is 35.0. The highest BCUT2D eigenvalue weighted by atomic mass is 16.5. The molecule has 24 heavy (non-hydrogen) atoms. The van der Waals surface area contributed by atoms with Crippen LogP contribution in [0.2, 0.25) is 0 Å². The topological polar surface area (TPSA) is 96.9 Å². The Morgan fingerprint density at radius 2 is 1.75 bits per heavy atom. The second kappa shape index (κ2) is 10.1. The molecule has 0 radical (unpaired) electrons. The third-order valence-corrected chi connectivity index (χ3v) is 3.26. The van der Waals surface area contributed by atoms with E-state index in [-0.39, 0.29) is 18.7 Å². The number of anilines is 1. The molecule has 0 bridgehead atoms. The number of nitrogens with zero attached hydrogens (tertiary/aromatic N) is 1. The lowest BCUT2D eigenvalue weighted by Gasteiger charge is -2.10. The lowest BCUT2D eigenvalue weighted by molar-refractivity contribution is -0.145. The average Bonchev–Trinajstić information content (AvgIpc) is 2.58. The molecule has 2 N–H and O–H groups in total. The lowest BCUT2D eigenvalue weighted by Crippen LogP contribution is -2.26. The standard InChI is InChI=1S/C17H23N3O4/c1-4-24-17(23)12(2)13(3)19-20-16(22)11-10-15(21)18-14-8-6-5-7-9-14/h5-9,12H,4,10-11H2,1-3H3,(H,18,21)(H,20,22)/b19-13+/t12-/m0/s1. The molecule has 0 fully saturated rings. The largest absolute Gasteiger partial charge is 0.465 e. The Morgan fingerprint density at radius 3 is 2.38 bits per heavy atom. The number of hydrogen-bond donors (Lipinski definition) is 2. The van der Waals surface area contributed by atoms with Crippen LogP contribution in [0.3, 0.4) is 0 Å². The van der Waals surface area contributed by atoms with Gasteiger partial charge in [0.2, 0.25) is 11.8 Å². The van der Waals surface area contributed by atoms with Crippen molar-refractivity contribution in [3.05, 3.63) is 30.3 Å². The molecule has 1 atom stereocenters. The van der Waals surface area contributed by atoms with Gasteiger partial charge in [-0.25, -0.2) is 5.43 Å². The number of carbonyl (C=O) groups excluding carboxylic acids is 3. The van der Waals surface area contributed by atoms with Crippen LogP contribution in [0.25, 0.3) is 0 Å². The number of rotatable bonds is 8. The molecule has 7 nitrogen and oxygen atoms in total. The van der Waals surface area contributed by atoms with Crippen molar-refractivity contribution < 1.29 is 19.1 Å². The van der Waals surface area contributed by atoms with Crippen LogP contribution in [-0.4, -0.2) is 30.1 Å². The Balaban J connectivity index is 2.36. The van der Waals surface area contributed by atoms with E-state index in [2.05, 4.69) is 15.8 Å². The van der Waals surface area contributed by atoms with Gasteiger partial charge in [0.05, 0.1) is 12.5 Å². The molecule has 0 saturated carbocycles. The molecule has 0 heterocycles.